The van der Waals surface area contributed by atoms with E-state index < -0.39 is 17.9 Å². The molecule has 0 unspecified atom stereocenters. The van der Waals surface area contributed by atoms with Gasteiger partial charge in [-0.25, -0.2) is 0 Å². The first-order valence-electron chi connectivity index (χ1n) is 5.31. The van der Waals surface area contributed by atoms with Crippen molar-refractivity contribution in [1.82, 2.24) is 5.32 Å². The minimum atomic E-state index is -1.09. The van der Waals surface area contributed by atoms with Crippen molar-refractivity contribution in [2.24, 2.45) is 0 Å². The third kappa shape index (κ3) is 4.25. The number of halogens is 1. The summed E-state index contributed by atoms with van der Waals surface area (Å²) in [6.07, 6.45) is 0. The number of benzene rings is 1. The van der Waals surface area contributed by atoms with Gasteiger partial charge in [0.1, 0.15) is 11.8 Å². The van der Waals surface area contributed by atoms with Gasteiger partial charge in [-0.05, 0) is 37.6 Å². The van der Waals surface area contributed by atoms with Crippen molar-refractivity contribution in [1.29, 1.82) is 0 Å². The van der Waals surface area contributed by atoms with Crippen molar-refractivity contribution in [2.75, 3.05) is 6.61 Å². The van der Waals surface area contributed by atoms with Crippen molar-refractivity contribution in [3.8, 4) is 5.75 Å². The highest BCUT2D eigenvalue weighted by atomic mass is 35.5. The molecule has 0 aliphatic heterocycles. The van der Waals surface area contributed by atoms with Crippen LogP contribution in [0, 0.1) is 6.92 Å². The number of carboxylic acid groups (broad SMARTS) is 1. The standard InChI is InChI=1S/C12H14ClNO4/c1-7-5-9(13)3-4-10(7)18-6-11(15)14-8(2)12(16)17/h3-5,8H,6H2,1-2H3,(H,14,15)(H,16,17)/t8-/m0/s1. The van der Waals surface area contributed by atoms with Crippen LogP contribution in [0.3, 0.4) is 0 Å². The molecule has 0 fully saturated rings. The molecule has 1 amide bonds. The Hall–Kier alpha value is -1.75. The molecule has 18 heavy (non-hydrogen) atoms. The molecule has 1 aromatic carbocycles. The Labute approximate surface area is 110 Å². The molecule has 0 aliphatic carbocycles. The Balaban J connectivity index is 2.50. The number of rotatable bonds is 5. The largest absolute Gasteiger partial charge is 0.484 e. The van der Waals surface area contributed by atoms with Gasteiger partial charge in [-0.2, -0.15) is 0 Å². The van der Waals surface area contributed by atoms with Crippen molar-refractivity contribution in [2.45, 2.75) is 19.9 Å². The summed E-state index contributed by atoms with van der Waals surface area (Å²) < 4.78 is 5.27. The quantitative estimate of drug-likeness (QED) is 0.853. The summed E-state index contributed by atoms with van der Waals surface area (Å²) in [5.74, 6) is -1.04. The SMILES string of the molecule is Cc1cc(Cl)ccc1OCC(=O)N[C@@H](C)C(=O)O. The molecule has 0 aromatic heterocycles. The first-order chi connectivity index (χ1) is 8.40. The molecule has 1 rings (SSSR count). The number of carbonyl (C=O) groups excluding carboxylic acids is 1. The van der Waals surface area contributed by atoms with E-state index in [1.807, 2.05) is 0 Å². The molecule has 0 saturated carbocycles. The summed E-state index contributed by atoms with van der Waals surface area (Å²) in [4.78, 5) is 21.9. The van der Waals surface area contributed by atoms with Crippen LogP contribution in [0.15, 0.2) is 18.2 Å². The number of amides is 1. The zero-order chi connectivity index (χ0) is 13.7. The van der Waals surface area contributed by atoms with E-state index in [4.69, 9.17) is 21.4 Å². The van der Waals surface area contributed by atoms with E-state index in [2.05, 4.69) is 5.32 Å². The predicted molar refractivity (Wildman–Crippen MR) is 66.9 cm³/mol. The third-order valence-corrected chi connectivity index (χ3v) is 2.48. The van der Waals surface area contributed by atoms with Gasteiger partial charge in [0.2, 0.25) is 0 Å². The van der Waals surface area contributed by atoms with E-state index in [1.165, 1.54) is 6.92 Å². The summed E-state index contributed by atoms with van der Waals surface area (Å²) in [6.45, 7) is 2.95. The fourth-order valence-electron chi connectivity index (χ4n) is 1.26. The van der Waals surface area contributed by atoms with Gasteiger partial charge in [0.15, 0.2) is 6.61 Å². The van der Waals surface area contributed by atoms with Crippen LogP contribution in [0.25, 0.3) is 0 Å². The van der Waals surface area contributed by atoms with Crippen LogP contribution in [0.4, 0.5) is 0 Å². The second-order valence-corrected chi connectivity index (χ2v) is 4.26. The molecule has 2 N–H and O–H groups in total. The topological polar surface area (TPSA) is 75.6 Å². The number of carbonyl (C=O) groups is 2. The molecule has 0 spiro atoms. The van der Waals surface area contributed by atoms with Crippen LogP contribution in [-0.2, 0) is 9.59 Å². The maximum Gasteiger partial charge on any atom is 0.325 e. The summed E-state index contributed by atoms with van der Waals surface area (Å²) in [5.41, 5.74) is 0.807. The molecule has 0 saturated heterocycles. The molecule has 0 aliphatic rings. The smallest absolute Gasteiger partial charge is 0.325 e. The summed E-state index contributed by atoms with van der Waals surface area (Å²) in [5, 5.41) is 11.5. The maximum absolute atomic E-state index is 11.4. The lowest BCUT2D eigenvalue weighted by Gasteiger charge is -2.11. The van der Waals surface area contributed by atoms with Crippen molar-refractivity contribution >= 4 is 23.5 Å². The van der Waals surface area contributed by atoms with Crippen molar-refractivity contribution < 1.29 is 19.4 Å². The van der Waals surface area contributed by atoms with E-state index in [9.17, 15) is 9.59 Å². The molecular weight excluding hydrogens is 258 g/mol. The highest BCUT2D eigenvalue weighted by molar-refractivity contribution is 6.30. The Morgan fingerprint density at radius 1 is 1.50 bits per heavy atom. The van der Waals surface area contributed by atoms with Gasteiger partial charge < -0.3 is 15.2 Å². The Kier molecular flexibility index (Phi) is 4.97. The van der Waals surface area contributed by atoms with Crippen LogP contribution >= 0.6 is 11.6 Å². The third-order valence-electron chi connectivity index (χ3n) is 2.24. The molecule has 0 radical (unpaired) electrons. The molecule has 5 nitrogen and oxygen atoms in total. The number of hydrogen-bond acceptors (Lipinski definition) is 3. The van der Waals surface area contributed by atoms with E-state index in [0.717, 1.165) is 5.56 Å². The highest BCUT2D eigenvalue weighted by Crippen LogP contribution is 2.21. The van der Waals surface area contributed by atoms with Crippen molar-refractivity contribution in [3.63, 3.8) is 0 Å². The minimum absolute atomic E-state index is 0.236. The molecule has 0 bridgehead atoms. The van der Waals surface area contributed by atoms with E-state index in [-0.39, 0.29) is 6.61 Å². The van der Waals surface area contributed by atoms with Crippen molar-refractivity contribution in [3.05, 3.63) is 28.8 Å². The highest BCUT2D eigenvalue weighted by Gasteiger charge is 2.14. The second kappa shape index (κ2) is 6.26. The normalized spacial score (nSPS) is 11.7. The van der Waals surface area contributed by atoms with Gasteiger partial charge in [0, 0.05) is 5.02 Å². The fourth-order valence-corrected chi connectivity index (χ4v) is 1.49. The lowest BCUT2D eigenvalue weighted by molar-refractivity contribution is -0.141. The lowest BCUT2D eigenvalue weighted by Crippen LogP contribution is -2.40. The fraction of sp³-hybridized carbons (Fsp3) is 0.333. The Morgan fingerprint density at radius 3 is 2.72 bits per heavy atom. The molecular formula is C12H14ClNO4. The Bertz CT molecular complexity index is 461. The number of carboxylic acids is 1. The van der Waals surface area contributed by atoms with Crippen LogP contribution < -0.4 is 10.1 Å². The van der Waals surface area contributed by atoms with Gasteiger partial charge >= 0.3 is 5.97 Å². The zero-order valence-electron chi connectivity index (χ0n) is 10.1. The minimum Gasteiger partial charge on any atom is -0.484 e. The average molecular weight is 272 g/mol. The molecule has 98 valence electrons. The summed E-state index contributed by atoms with van der Waals surface area (Å²) in [7, 11) is 0. The van der Waals surface area contributed by atoms with E-state index >= 15 is 0 Å². The summed E-state index contributed by atoms with van der Waals surface area (Å²) >= 11 is 5.78. The van der Waals surface area contributed by atoms with Gasteiger partial charge in [-0.3, -0.25) is 9.59 Å². The van der Waals surface area contributed by atoms with E-state index in [0.29, 0.717) is 10.8 Å². The zero-order valence-corrected chi connectivity index (χ0v) is 10.8. The van der Waals surface area contributed by atoms with Crippen LogP contribution in [0.1, 0.15) is 12.5 Å². The molecule has 1 aromatic rings. The monoisotopic (exact) mass is 271 g/mol. The lowest BCUT2D eigenvalue weighted by atomic mass is 10.2. The first-order valence-corrected chi connectivity index (χ1v) is 5.69. The van der Waals surface area contributed by atoms with Gasteiger partial charge in [0.25, 0.3) is 5.91 Å². The second-order valence-electron chi connectivity index (χ2n) is 3.83. The van der Waals surface area contributed by atoms with Gasteiger partial charge in [-0.15, -0.1) is 0 Å². The molecule has 6 heteroatoms. The number of nitrogens with one attached hydrogen (secondary N) is 1. The van der Waals surface area contributed by atoms with Crippen LogP contribution in [0.2, 0.25) is 5.02 Å². The van der Waals surface area contributed by atoms with Crippen LogP contribution in [-0.4, -0.2) is 29.6 Å². The predicted octanol–water partition coefficient (Wildman–Crippen LogP) is 1.62. The molecule has 1 atom stereocenters. The number of hydrogen-bond donors (Lipinski definition) is 2. The average Bonchev–Trinajstić information content (AvgIpc) is 2.27. The van der Waals surface area contributed by atoms with Crippen LogP contribution in [0.5, 0.6) is 5.75 Å². The number of ether oxygens (including phenoxy) is 1. The summed E-state index contributed by atoms with van der Waals surface area (Å²) in [6, 6.07) is 4.09. The van der Waals surface area contributed by atoms with Gasteiger partial charge in [-0.1, -0.05) is 11.6 Å². The first kappa shape index (κ1) is 14.3. The maximum atomic E-state index is 11.4. The van der Waals surface area contributed by atoms with Gasteiger partial charge in [0.05, 0.1) is 0 Å². The number of aryl methyl sites for hydroxylation is 1. The molecule has 0 heterocycles. The number of aliphatic carboxylic acids is 1. The van der Waals surface area contributed by atoms with E-state index in [1.54, 1.807) is 25.1 Å². The Morgan fingerprint density at radius 2 is 2.17 bits per heavy atom.